The molecular formula is C7H9IOZn. The number of hydrogen-bond donors (Lipinski definition) is 0. The van der Waals surface area contributed by atoms with E-state index < -0.39 is 0 Å². The van der Waals surface area contributed by atoms with Gasteiger partial charge in [0.05, 0.1) is 0 Å². The van der Waals surface area contributed by atoms with Crippen LogP contribution in [-0.2, 0) is 19.6 Å². The molecule has 0 saturated carbocycles. The predicted octanol–water partition coefficient (Wildman–Crippen LogP) is 2.37. The summed E-state index contributed by atoms with van der Waals surface area (Å²) in [6.07, 6.45) is 5.55. The van der Waals surface area contributed by atoms with Crippen molar-refractivity contribution in [3.05, 3.63) is 11.6 Å². The summed E-state index contributed by atoms with van der Waals surface area (Å²) in [5.41, 5.74) is 1.11. The molecule has 0 aromatic carbocycles. The first-order chi connectivity index (χ1) is 4.79. The van der Waals surface area contributed by atoms with Gasteiger partial charge >= 0.3 is 34.5 Å². The third kappa shape index (κ3) is 4.56. The SMILES string of the molecule is CC1=[C-]C(=O)CCC1.[Zn+][I]. The third-order valence-electron chi connectivity index (χ3n) is 1.31. The van der Waals surface area contributed by atoms with E-state index in [1.165, 1.54) is 14.8 Å². The standard InChI is InChI=1S/C7H9O.HI.Zn/c1-6-3-2-4-7(8)5-6;;/h2-4H2,1H3;1H;/q-1;;+2/p-1. The van der Waals surface area contributed by atoms with Gasteiger partial charge in [-0.15, -0.1) is 0 Å². The minimum atomic E-state index is 0.175. The number of rotatable bonds is 0. The van der Waals surface area contributed by atoms with Gasteiger partial charge in [0.15, 0.2) is 0 Å². The van der Waals surface area contributed by atoms with Crippen molar-refractivity contribution < 1.29 is 19.6 Å². The number of carbonyl (C=O) groups is 1. The Kier molecular flexibility index (Phi) is 6.97. The van der Waals surface area contributed by atoms with Crippen molar-refractivity contribution in [2.75, 3.05) is 0 Å². The van der Waals surface area contributed by atoms with Crippen LogP contribution >= 0.6 is 19.8 Å². The Bertz CT molecular complexity index is 143. The summed E-state index contributed by atoms with van der Waals surface area (Å²) in [5, 5.41) is 0. The summed E-state index contributed by atoms with van der Waals surface area (Å²) < 4.78 is 0. The van der Waals surface area contributed by atoms with Gasteiger partial charge in [0.2, 0.25) is 0 Å². The molecule has 0 amide bonds. The normalized spacial score (nSPS) is 17.2. The summed E-state index contributed by atoms with van der Waals surface area (Å²) >= 11 is 3.62. The van der Waals surface area contributed by atoms with Crippen LogP contribution in [0, 0.1) is 6.08 Å². The van der Waals surface area contributed by atoms with Gasteiger partial charge in [0.1, 0.15) is 0 Å². The van der Waals surface area contributed by atoms with Crippen LogP contribution in [0.15, 0.2) is 5.57 Å². The van der Waals surface area contributed by atoms with Crippen molar-refractivity contribution in [2.45, 2.75) is 26.2 Å². The summed E-state index contributed by atoms with van der Waals surface area (Å²) in [7, 11) is 0. The van der Waals surface area contributed by atoms with Crippen LogP contribution in [0.2, 0.25) is 0 Å². The first-order valence-electron chi connectivity index (χ1n) is 3.18. The Labute approximate surface area is 82.5 Å². The molecule has 0 spiro atoms. The Morgan fingerprint density at radius 3 is 2.40 bits per heavy atom. The minimum absolute atomic E-state index is 0.175. The van der Waals surface area contributed by atoms with Gasteiger partial charge in [0, 0.05) is 0 Å². The Morgan fingerprint density at radius 1 is 1.50 bits per heavy atom. The number of hydrogen-bond acceptors (Lipinski definition) is 1. The van der Waals surface area contributed by atoms with Crippen LogP contribution in [0.1, 0.15) is 26.2 Å². The molecule has 0 fully saturated rings. The van der Waals surface area contributed by atoms with Gasteiger partial charge in [-0.05, 0) is 18.6 Å². The molecule has 0 aromatic rings. The second-order valence-corrected chi connectivity index (χ2v) is 2.18. The zero-order chi connectivity index (χ0) is 7.98. The zero-order valence-corrected chi connectivity index (χ0v) is 11.2. The molecule has 0 N–H and O–H groups in total. The van der Waals surface area contributed by atoms with E-state index in [1.54, 1.807) is 0 Å². The summed E-state index contributed by atoms with van der Waals surface area (Å²) in [4.78, 5) is 10.5. The molecule has 3 heteroatoms. The Hall–Kier alpha value is 0.763. The topological polar surface area (TPSA) is 17.1 Å². The molecule has 0 saturated heterocycles. The summed E-state index contributed by atoms with van der Waals surface area (Å²) in [5.74, 6) is 0.175. The van der Waals surface area contributed by atoms with Gasteiger partial charge in [0.25, 0.3) is 0 Å². The third-order valence-corrected chi connectivity index (χ3v) is 1.31. The van der Waals surface area contributed by atoms with E-state index in [1.807, 2.05) is 6.92 Å². The number of ketones is 1. The molecule has 0 unspecified atom stereocenters. The van der Waals surface area contributed by atoms with Gasteiger partial charge in [-0.25, -0.2) is 0 Å². The molecule has 1 nitrogen and oxygen atoms in total. The predicted molar refractivity (Wildman–Crippen MR) is 45.3 cm³/mol. The summed E-state index contributed by atoms with van der Waals surface area (Å²) in [6.45, 7) is 1.96. The fraction of sp³-hybridized carbons (Fsp3) is 0.571. The molecule has 1 rings (SSSR count). The van der Waals surface area contributed by atoms with E-state index in [-0.39, 0.29) is 5.78 Å². The van der Waals surface area contributed by atoms with Crippen molar-refractivity contribution in [1.29, 1.82) is 0 Å². The molecule has 52 valence electrons. The van der Waals surface area contributed by atoms with Crippen LogP contribution in [-0.4, -0.2) is 5.78 Å². The quantitative estimate of drug-likeness (QED) is 0.381. The number of carbonyl (C=O) groups excluding carboxylic acids is 1. The molecule has 1 aliphatic carbocycles. The number of halogens is 1. The molecule has 0 radical (unpaired) electrons. The summed E-state index contributed by atoms with van der Waals surface area (Å²) in [6, 6.07) is 0. The van der Waals surface area contributed by atoms with E-state index >= 15 is 0 Å². The molecule has 0 heterocycles. The van der Waals surface area contributed by atoms with Crippen LogP contribution in [0.5, 0.6) is 0 Å². The first kappa shape index (κ1) is 10.8. The molecule has 0 aliphatic heterocycles. The molecule has 10 heavy (non-hydrogen) atoms. The maximum absolute atomic E-state index is 10.5. The fourth-order valence-electron chi connectivity index (χ4n) is 0.877. The molecule has 0 atom stereocenters. The van der Waals surface area contributed by atoms with Crippen LogP contribution in [0.3, 0.4) is 0 Å². The fourth-order valence-corrected chi connectivity index (χ4v) is 0.877. The van der Waals surface area contributed by atoms with Crippen LogP contribution in [0.4, 0.5) is 0 Å². The maximum atomic E-state index is 10.5. The average molecular weight is 301 g/mol. The molecular weight excluding hydrogens is 292 g/mol. The second-order valence-electron chi connectivity index (χ2n) is 2.18. The van der Waals surface area contributed by atoms with E-state index in [0.717, 1.165) is 18.4 Å². The van der Waals surface area contributed by atoms with E-state index in [4.69, 9.17) is 0 Å². The zero-order valence-electron chi connectivity index (χ0n) is 6.11. The second kappa shape index (κ2) is 6.47. The monoisotopic (exact) mass is 300 g/mol. The van der Waals surface area contributed by atoms with Crippen molar-refractivity contribution in [1.82, 2.24) is 0 Å². The van der Waals surface area contributed by atoms with Gasteiger partial charge < -0.3 is 10.9 Å². The van der Waals surface area contributed by atoms with Crippen molar-refractivity contribution >= 4 is 25.5 Å². The Morgan fingerprint density at radius 2 is 2.10 bits per heavy atom. The average Bonchev–Trinajstić information content (AvgIpc) is 1.91. The van der Waals surface area contributed by atoms with Gasteiger partial charge in [-0.2, -0.15) is 0 Å². The van der Waals surface area contributed by atoms with E-state index in [2.05, 4.69) is 25.8 Å². The Balaban J connectivity index is 0.000000371. The molecule has 0 aromatic heterocycles. The van der Waals surface area contributed by atoms with E-state index in [0.29, 0.717) is 6.42 Å². The molecule has 0 bridgehead atoms. The van der Waals surface area contributed by atoms with Crippen LogP contribution in [0.25, 0.3) is 0 Å². The first-order valence-corrected chi connectivity index (χ1v) is 12.2. The van der Waals surface area contributed by atoms with Crippen molar-refractivity contribution in [2.24, 2.45) is 0 Å². The number of allylic oxidation sites excluding steroid dienone is 2. The van der Waals surface area contributed by atoms with E-state index in [9.17, 15) is 4.79 Å². The number of Topliss-reactive ketones (excluding diaryl/α,β-unsaturated/α-hetero) is 1. The molecule has 1 aliphatic rings. The van der Waals surface area contributed by atoms with Crippen LogP contribution < -0.4 is 0 Å². The van der Waals surface area contributed by atoms with Gasteiger partial charge in [-0.3, -0.25) is 5.57 Å². The van der Waals surface area contributed by atoms with Crippen molar-refractivity contribution in [3.8, 4) is 0 Å². The van der Waals surface area contributed by atoms with Gasteiger partial charge in [-0.1, -0.05) is 13.3 Å². The van der Waals surface area contributed by atoms with Crippen molar-refractivity contribution in [3.63, 3.8) is 0 Å².